The predicted octanol–water partition coefficient (Wildman–Crippen LogP) is 2.37. The number of benzene rings is 1. The predicted molar refractivity (Wildman–Crippen MR) is 134 cm³/mol. The second-order valence-corrected chi connectivity index (χ2v) is 8.79. The van der Waals surface area contributed by atoms with E-state index in [1.54, 1.807) is 24.7 Å². The molecule has 0 saturated carbocycles. The summed E-state index contributed by atoms with van der Waals surface area (Å²) in [7, 11) is 2.94. The number of rotatable bonds is 8. The molecule has 198 valence electrons. The van der Waals surface area contributed by atoms with E-state index in [4.69, 9.17) is 4.74 Å². The smallest absolute Gasteiger partial charge is 0.409 e. The second-order valence-electron chi connectivity index (χ2n) is 8.79. The van der Waals surface area contributed by atoms with Crippen LogP contribution in [0.1, 0.15) is 22.0 Å². The van der Waals surface area contributed by atoms with E-state index in [-0.39, 0.29) is 17.4 Å². The van der Waals surface area contributed by atoms with Crippen LogP contribution in [0.3, 0.4) is 0 Å². The third kappa shape index (κ3) is 4.85. The van der Waals surface area contributed by atoms with Gasteiger partial charge in [0.05, 0.1) is 49.6 Å². The molecule has 0 spiro atoms. The van der Waals surface area contributed by atoms with Crippen molar-refractivity contribution in [1.82, 2.24) is 34.7 Å². The van der Waals surface area contributed by atoms with E-state index in [0.717, 1.165) is 5.69 Å². The van der Waals surface area contributed by atoms with Crippen LogP contribution in [-0.2, 0) is 9.47 Å². The van der Waals surface area contributed by atoms with Gasteiger partial charge in [0.1, 0.15) is 11.9 Å². The summed E-state index contributed by atoms with van der Waals surface area (Å²) < 4.78 is 26.2. The highest BCUT2D eigenvalue weighted by atomic mass is 19.1. The number of fused-ring (bicyclic) bond motifs is 1. The van der Waals surface area contributed by atoms with Gasteiger partial charge in [-0.25, -0.2) is 13.7 Å². The van der Waals surface area contributed by atoms with Crippen LogP contribution < -0.4 is 10.6 Å². The van der Waals surface area contributed by atoms with Crippen molar-refractivity contribution in [3.05, 3.63) is 53.6 Å². The van der Waals surface area contributed by atoms with Crippen LogP contribution in [0.4, 0.5) is 20.6 Å². The number of halogens is 1. The van der Waals surface area contributed by atoms with Gasteiger partial charge >= 0.3 is 6.09 Å². The number of aryl methyl sites for hydroxylation is 1. The van der Waals surface area contributed by atoms with E-state index in [1.807, 2.05) is 12.1 Å². The molecule has 0 unspecified atom stereocenters. The van der Waals surface area contributed by atoms with Crippen molar-refractivity contribution >= 4 is 28.9 Å². The molecule has 4 heterocycles. The van der Waals surface area contributed by atoms with Gasteiger partial charge in [-0.3, -0.25) is 4.79 Å². The molecule has 5 rings (SSSR count). The molecular weight excluding hydrogens is 497 g/mol. The number of ether oxygens (including phenoxy) is 2. The van der Waals surface area contributed by atoms with Crippen molar-refractivity contribution in [2.24, 2.45) is 0 Å². The normalized spacial score (nSPS) is 13.4. The van der Waals surface area contributed by atoms with E-state index in [0.29, 0.717) is 48.6 Å². The van der Waals surface area contributed by atoms with Crippen LogP contribution in [0.25, 0.3) is 16.9 Å². The molecule has 2 amide bonds. The fourth-order valence-electron chi connectivity index (χ4n) is 4.10. The van der Waals surface area contributed by atoms with Gasteiger partial charge in [-0.15, -0.1) is 10.2 Å². The van der Waals surface area contributed by atoms with Crippen molar-refractivity contribution in [2.75, 3.05) is 51.1 Å². The monoisotopic (exact) mass is 523 g/mol. The largest absolute Gasteiger partial charge is 0.453 e. The summed E-state index contributed by atoms with van der Waals surface area (Å²) in [5, 5.41) is 22.6. The summed E-state index contributed by atoms with van der Waals surface area (Å²) in [5.74, 6) is -0.881. The first-order chi connectivity index (χ1) is 18.4. The second kappa shape index (κ2) is 10.4. The highest BCUT2D eigenvalue weighted by Gasteiger charge is 2.34. The van der Waals surface area contributed by atoms with Crippen LogP contribution in [0.15, 0.2) is 36.7 Å². The molecule has 0 aliphatic carbocycles. The standard InChI is InChI=1S/C24H26FN9O4/c1-14-8-19(25)17(22-29-31-34(30-22)16-12-32(13-16)24(36)38-3)10-20(14)28-23(35)18-11-27-33-6-4-15(9-21(18)33)26-5-7-37-2/h4,6,8-11,16,26H,5,7,12-13H2,1-3H3,(H,28,35). The van der Waals surface area contributed by atoms with Crippen LogP contribution in [0, 0.1) is 12.7 Å². The molecule has 38 heavy (non-hydrogen) atoms. The number of likely N-dealkylation sites (tertiary alicyclic amines) is 1. The number of methoxy groups -OCH3 is 2. The zero-order chi connectivity index (χ0) is 26.8. The van der Waals surface area contributed by atoms with E-state index < -0.39 is 17.8 Å². The van der Waals surface area contributed by atoms with Gasteiger partial charge in [-0.2, -0.15) is 9.90 Å². The maximum absolute atomic E-state index is 14.9. The number of carbonyl (C=O) groups excluding carboxylic acids is 2. The molecule has 0 radical (unpaired) electrons. The highest BCUT2D eigenvalue weighted by Crippen LogP contribution is 2.28. The molecular formula is C24H26FN9O4. The van der Waals surface area contributed by atoms with Gasteiger partial charge in [0.25, 0.3) is 5.91 Å². The number of carbonyl (C=O) groups is 2. The van der Waals surface area contributed by atoms with E-state index in [2.05, 4.69) is 35.9 Å². The average Bonchev–Trinajstić information content (AvgIpc) is 3.52. The lowest BCUT2D eigenvalue weighted by molar-refractivity contribution is 0.0621. The Morgan fingerprint density at radius 3 is 2.79 bits per heavy atom. The summed E-state index contributed by atoms with van der Waals surface area (Å²) in [4.78, 5) is 27.6. The summed E-state index contributed by atoms with van der Waals surface area (Å²) in [6.45, 7) is 3.57. The zero-order valence-corrected chi connectivity index (χ0v) is 21.0. The maximum atomic E-state index is 14.9. The van der Waals surface area contributed by atoms with Crippen LogP contribution in [-0.4, -0.2) is 87.2 Å². The fourth-order valence-corrected chi connectivity index (χ4v) is 4.10. The first-order valence-corrected chi connectivity index (χ1v) is 11.8. The minimum absolute atomic E-state index is 0.0669. The van der Waals surface area contributed by atoms with Gasteiger partial charge in [0.15, 0.2) is 0 Å². The number of nitrogens with one attached hydrogen (secondary N) is 2. The third-order valence-corrected chi connectivity index (χ3v) is 6.25. The van der Waals surface area contributed by atoms with Crippen molar-refractivity contribution in [2.45, 2.75) is 13.0 Å². The molecule has 1 fully saturated rings. The zero-order valence-electron chi connectivity index (χ0n) is 21.0. The number of pyridine rings is 1. The Kier molecular flexibility index (Phi) is 6.87. The first kappa shape index (κ1) is 25.1. The molecule has 1 aliphatic heterocycles. The SMILES string of the molecule is COCCNc1ccn2ncc(C(=O)Nc3cc(-c4nnn(C5CN(C(=O)OC)C5)n4)c(F)cc3C)c2c1. The number of anilines is 2. The molecule has 14 heteroatoms. The number of amides is 2. The molecule has 1 saturated heterocycles. The quantitative estimate of drug-likeness (QED) is 0.333. The van der Waals surface area contributed by atoms with Crippen LogP contribution in [0.5, 0.6) is 0 Å². The Bertz CT molecular complexity index is 1500. The average molecular weight is 524 g/mol. The summed E-state index contributed by atoms with van der Waals surface area (Å²) in [5.41, 5.74) is 2.80. The Morgan fingerprint density at radius 2 is 2.03 bits per heavy atom. The molecule has 13 nitrogen and oxygen atoms in total. The topological polar surface area (TPSA) is 141 Å². The Morgan fingerprint density at radius 1 is 1.21 bits per heavy atom. The Labute approximate surface area is 216 Å². The summed E-state index contributed by atoms with van der Waals surface area (Å²) >= 11 is 0. The lowest BCUT2D eigenvalue weighted by Crippen LogP contribution is -2.51. The van der Waals surface area contributed by atoms with Gasteiger partial charge in [0, 0.05) is 31.2 Å². The fraction of sp³-hybridized carbons (Fsp3) is 0.333. The minimum atomic E-state index is -0.549. The first-order valence-electron chi connectivity index (χ1n) is 11.8. The molecule has 4 aromatic rings. The maximum Gasteiger partial charge on any atom is 0.409 e. The van der Waals surface area contributed by atoms with E-state index in [1.165, 1.54) is 35.1 Å². The molecule has 3 aromatic heterocycles. The number of tetrazole rings is 1. The van der Waals surface area contributed by atoms with E-state index >= 15 is 0 Å². The lowest BCUT2D eigenvalue weighted by atomic mass is 10.1. The van der Waals surface area contributed by atoms with Gasteiger partial charge < -0.3 is 25.0 Å². The molecule has 0 bridgehead atoms. The minimum Gasteiger partial charge on any atom is -0.453 e. The number of nitrogens with zero attached hydrogens (tertiary/aromatic N) is 7. The number of aromatic nitrogens is 6. The summed E-state index contributed by atoms with van der Waals surface area (Å²) in [6.07, 6.45) is 2.80. The van der Waals surface area contributed by atoms with E-state index in [9.17, 15) is 14.0 Å². The van der Waals surface area contributed by atoms with Gasteiger partial charge in [0.2, 0.25) is 5.82 Å². The Balaban J connectivity index is 1.35. The lowest BCUT2D eigenvalue weighted by Gasteiger charge is -2.36. The van der Waals surface area contributed by atoms with Crippen LogP contribution in [0.2, 0.25) is 0 Å². The van der Waals surface area contributed by atoms with Gasteiger partial charge in [-0.05, 0) is 42.0 Å². The highest BCUT2D eigenvalue weighted by molar-refractivity contribution is 6.09. The van der Waals surface area contributed by atoms with Gasteiger partial charge in [-0.1, -0.05) is 0 Å². The molecule has 2 N–H and O–H groups in total. The summed E-state index contributed by atoms with van der Waals surface area (Å²) in [6, 6.07) is 6.28. The van der Waals surface area contributed by atoms with Crippen molar-refractivity contribution in [1.29, 1.82) is 0 Å². The number of hydrogen-bond acceptors (Lipinski definition) is 9. The van der Waals surface area contributed by atoms with Crippen molar-refractivity contribution in [3.63, 3.8) is 0 Å². The molecule has 1 aromatic carbocycles. The third-order valence-electron chi connectivity index (χ3n) is 6.25. The molecule has 0 atom stereocenters. The van der Waals surface area contributed by atoms with Crippen molar-refractivity contribution in [3.8, 4) is 11.4 Å². The Hall–Kier alpha value is -4.59. The molecule has 1 aliphatic rings. The van der Waals surface area contributed by atoms with Crippen molar-refractivity contribution < 1.29 is 23.5 Å². The number of hydrogen-bond donors (Lipinski definition) is 2. The van der Waals surface area contributed by atoms with Crippen LogP contribution >= 0.6 is 0 Å².